The van der Waals surface area contributed by atoms with Gasteiger partial charge in [0.25, 0.3) is 0 Å². The van der Waals surface area contributed by atoms with Crippen molar-refractivity contribution < 1.29 is 37.2 Å². The number of aliphatic hydroxyl groups excluding tert-OH is 2. The Morgan fingerprint density at radius 2 is 2.04 bits per heavy atom. The molecule has 136 valence electrons. The molecular formula is C15H19F4NO4. The van der Waals surface area contributed by atoms with E-state index in [4.69, 9.17) is 14.6 Å². The highest BCUT2D eigenvalue weighted by molar-refractivity contribution is 5.94. The minimum atomic E-state index is -4.50. The summed E-state index contributed by atoms with van der Waals surface area (Å²) in [7, 11) is 2.30. The lowest BCUT2D eigenvalue weighted by atomic mass is 10.1. The number of aliphatic imine (C=N–C) groups is 1. The van der Waals surface area contributed by atoms with Gasteiger partial charge in [-0.15, -0.1) is 0 Å². The number of ether oxygens (including phenoxy) is 2. The predicted molar refractivity (Wildman–Crippen MR) is 78.4 cm³/mol. The van der Waals surface area contributed by atoms with Crippen LogP contribution in [0.5, 0.6) is 0 Å². The molecule has 3 unspecified atom stereocenters. The fourth-order valence-electron chi connectivity index (χ4n) is 2.15. The number of hydrogen-bond acceptors (Lipinski definition) is 5. The van der Waals surface area contributed by atoms with Crippen molar-refractivity contribution in [2.45, 2.75) is 31.0 Å². The van der Waals surface area contributed by atoms with Crippen LogP contribution < -0.4 is 0 Å². The van der Waals surface area contributed by atoms with Crippen molar-refractivity contribution >= 4 is 5.90 Å². The maximum Gasteiger partial charge on any atom is 0.416 e. The summed E-state index contributed by atoms with van der Waals surface area (Å²) in [6.45, 7) is -0.826. The van der Waals surface area contributed by atoms with Crippen LogP contribution >= 0.6 is 0 Å². The Kier molecular flexibility index (Phi) is 7.59. The minimum Gasteiger partial charge on any atom is -0.448 e. The standard InChI is InChI=1S/C14H15F4NO3.CH4O/c1-21-11(7-15)10-6-12(20)22-13(19-10)8-3-2-4-9(5-8)14(16,17)18;1-2/h2-5,10-12,20H,6-7H2,1H3;2H,1H3. The van der Waals surface area contributed by atoms with Crippen LogP contribution in [0, 0.1) is 0 Å². The van der Waals surface area contributed by atoms with Gasteiger partial charge in [-0.3, -0.25) is 0 Å². The summed E-state index contributed by atoms with van der Waals surface area (Å²) in [6, 6.07) is 3.64. The molecule has 0 saturated heterocycles. The predicted octanol–water partition coefficient (Wildman–Crippen LogP) is 2.15. The van der Waals surface area contributed by atoms with Crippen molar-refractivity contribution in [1.29, 1.82) is 0 Å². The van der Waals surface area contributed by atoms with Gasteiger partial charge in [-0.2, -0.15) is 13.2 Å². The van der Waals surface area contributed by atoms with E-state index in [-0.39, 0.29) is 17.9 Å². The summed E-state index contributed by atoms with van der Waals surface area (Å²) in [5, 5.41) is 16.7. The second-order valence-electron chi connectivity index (χ2n) is 4.82. The molecule has 1 aromatic carbocycles. The van der Waals surface area contributed by atoms with Crippen molar-refractivity contribution in [2.24, 2.45) is 4.99 Å². The van der Waals surface area contributed by atoms with Gasteiger partial charge in [0, 0.05) is 26.2 Å². The number of halogens is 4. The molecular weight excluding hydrogens is 334 g/mol. The molecule has 5 nitrogen and oxygen atoms in total. The summed E-state index contributed by atoms with van der Waals surface area (Å²) >= 11 is 0. The highest BCUT2D eigenvalue weighted by Gasteiger charge is 2.33. The molecule has 2 rings (SSSR count). The number of alkyl halides is 4. The number of benzene rings is 1. The molecule has 2 N–H and O–H groups in total. The third kappa shape index (κ3) is 5.15. The Bertz CT molecular complexity index is 547. The topological polar surface area (TPSA) is 71.3 Å². The van der Waals surface area contributed by atoms with Crippen molar-refractivity contribution in [3.05, 3.63) is 35.4 Å². The monoisotopic (exact) mass is 353 g/mol. The molecule has 1 aliphatic heterocycles. The molecule has 0 radical (unpaired) electrons. The third-order valence-corrected chi connectivity index (χ3v) is 3.29. The van der Waals surface area contributed by atoms with Crippen LogP contribution in [0.4, 0.5) is 17.6 Å². The molecule has 9 heteroatoms. The number of hydrogen-bond donors (Lipinski definition) is 2. The van der Waals surface area contributed by atoms with Gasteiger partial charge in [-0.05, 0) is 18.2 Å². The second kappa shape index (κ2) is 8.95. The van der Waals surface area contributed by atoms with Crippen LogP contribution in [0.3, 0.4) is 0 Å². The zero-order valence-corrected chi connectivity index (χ0v) is 13.1. The minimum absolute atomic E-state index is 0.00485. The lowest BCUT2D eigenvalue weighted by molar-refractivity contribution is -0.137. The van der Waals surface area contributed by atoms with Crippen LogP contribution in [0.25, 0.3) is 0 Å². The Hall–Kier alpha value is -1.71. The highest BCUT2D eigenvalue weighted by atomic mass is 19.4. The summed E-state index contributed by atoms with van der Waals surface area (Å²) in [6.07, 6.45) is -6.67. The van der Waals surface area contributed by atoms with Gasteiger partial charge in [0.2, 0.25) is 12.2 Å². The molecule has 1 aliphatic rings. The summed E-state index contributed by atoms with van der Waals surface area (Å²) in [5.74, 6) is -0.162. The maximum atomic E-state index is 12.9. The van der Waals surface area contributed by atoms with Gasteiger partial charge in [0.05, 0.1) is 11.6 Å². The van der Waals surface area contributed by atoms with E-state index in [2.05, 4.69) is 4.99 Å². The second-order valence-corrected chi connectivity index (χ2v) is 4.82. The van der Waals surface area contributed by atoms with E-state index in [9.17, 15) is 22.7 Å². The van der Waals surface area contributed by atoms with E-state index < -0.39 is 36.9 Å². The first-order valence-electron chi connectivity index (χ1n) is 6.98. The first-order chi connectivity index (χ1) is 11.3. The zero-order valence-electron chi connectivity index (χ0n) is 13.1. The molecule has 0 bridgehead atoms. The Labute approximate surface area is 136 Å². The maximum absolute atomic E-state index is 12.9. The van der Waals surface area contributed by atoms with Crippen LogP contribution in [-0.2, 0) is 15.7 Å². The fourth-order valence-corrected chi connectivity index (χ4v) is 2.15. The fraction of sp³-hybridized carbons (Fsp3) is 0.533. The zero-order chi connectivity index (χ0) is 18.3. The average Bonchev–Trinajstić information content (AvgIpc) is 2.57. The van der Waals surface area contributed by atoms with Gasteiger partial charge >= 0.3 is 6.18 Å². The summed E-state index contributed by atoms with van der Waals surface area (Å²) in [4.78, 5) is 4.07. The lowest BCUT2D eigenvalue weighted by Gasteiger charge is -2.29. The van der Waals surface area contributed by atoms with E-state index in [0.29, 0.717) is 0 Å². The molecule has 1 aromatic rings. The Morgan fingerprint density at radius 1 is 1.38 bits per heavy atom. The third-order valence-electron chi connectivity index (χ3n) is 3.29. The first kappa shape index (κ1) is 20.3. The van der Waals surface area contributed by atoms with Crippen LogP contribution in [0.15, 0.2) is 29.3 Å². The molecule has 0 saturated carbocycles. The van der Waals surface area contributed by atoms with E-state index in [0.717, 1.165) is 19.2 Å². The SMILES string of the molecule is CO.COC(CF)C1CC(O)OC(c2cccc(C(F)(F)F)c2)=N1. The van der Waals surface area contributed by atoms with Gasteiger partial charge in [0.15, 0.2) is 0 Å². The van der Waals surface area contributed by atoms with E-state index in [1.165, 1.54) is 19.2 Å². The van der Waals surface area contributed by atoms with Gasteiger partial charge in [-0.25, -0.2) is 9.38 Å². The van der Waals surface area contributed by atoms with E-state index in [1.54, 1.807) is 0 Å². The molecule has 0 aliphatic carbocycles. The lowest BCUT2D eigenvalue weighted by Crippen LogP contribution is -2.38. The van der Waals surface area contributed by atoms with Gasteiger partial charge in [-0.1, -0.05) is 6.07 Å². The number of nitrogens with zero attached hydrogens (tertiary/aromatic N) is 1. The Morgan fingerprint density at radius 3 is 2.58 bits per heavy atom. The normalized spacial score (nSPS) is 21.9. The van der Waals surface area contributed by atoms with Gasteiger partial charge < -0.3 is 19.7 Å². The Balaban J connectivity index is 0.00000139. The van der Waals surface area contributed by atoms with Crippen molar-refractivity contribution in [3.8, 4) is 0 Å². The van der Waals surface area contributed by atoms with Crippen molar-refractivity contribution in [2.75, 3.05) is 20.9 Å². The molecule has 24 heavy (non-hydrogen) atoms. The largest absolute Gasteiger partial charge is 0.448 e. The molecule has 0 amide bonds. The number of rotatable bonds is 4. The molecule has 0 spiro atoms. The number of aliphatic hydroxyl groups is 2. The quantitative estimate of drug-likeness (QED) is 0.814. The average molecular weight is 353 g/mol. The molecule has 0 aromatic heterocycles. The number of methoxy groups -OCH3 is 1. The van der Waals surface area contributed by atoms with Crippen LogP contribution in [0.1, 0.15) is 17.5 Å². The molecule has 3 atom stereocenters. The van der Waals surface area contributed by atoms with Crippen molar-refractivity contribution in [3.63, 3.8) is 0 Å². The summed E-state index contributed by atoms with van der Waals surface area (Å²) < 4.78 is 61.0. The molecule has 1 heterocycles. The van der Waals surface area contributed by atoms with Gasteiger partial charge in [0.1, 0.15) is 12.8 Å². The van der Waals surface area contributed by atoms with E-state index >= 15 is 0 Å². The summed E-state index contributed by atoms with van der Waals surface area (Å²) in [5.41, 5.74) is -0.797. The first-order valence-corrected chi connectivity index (χ1v) is 6.98. The smallest absolute Gasteiger partial charge is 0.416 e. The molecule has 0 fully saturated rings. The highest BCUT2D eigenvalue weighted by Crippen LogP contribution is 2.30. The van der Waals surface area contributed by atoms with Crippen LogP contribution in [0.2, 0.25) is 0 Å². The van der Waals surface area contributed by atoms with E-state index in [1.807, 2.05) is 0 Å². The van der Waals surface area contributed by atoms with Crippen LogP contribution in [-0.4, -0.2) is 55.4 Å². The van der Waals surface area contributed by atoms with Crippen molar-refractivity contribution in [1.82, 2.24) is 0 Å².